The van der Waals surface area contributed by atoms with Gasteiger partial charge in [-0.05, 0) is 47.9 Å². The fourth-order valence-corrected chi connectivity index (χ4v) is 3.01. The fourth-order valence-electron chi connectivity index (χ4n) is 2.60. The Labute approximate surface area is 139 Å². The largest absolute Gasteiger partial charge is 0.130 e. The van der Waals surface area contributed by atoms with Crippen molar-refractivity contribution in [1.82, 2.24) is 0 Å². The average Bonchev–Trinajstić information content (AvgIpc) is 2.59. The van der Waals surface area contributed by atoms with E-state index in [1.54, 1.807) is 11.8 Å². The van der Waals surface area contributed by atoms with Crippen molar-refractivity contribution in [1.29, 1.82) is 0 Å². The second kappa shape index (κ2) is 9.53. The Kier molecular flexibility index (Phi) is 7.32. The van der Waals surface area contributed by atoms with Crippen LogP contribution in [-0.4, -0.2) is 6.26 Å². The molecule has 2 aromatic rings. The Hall–Kier alpha value is -1.47. The second-order valence-corrected chi connectivity index (χ2v) is 6.50. The minimum absolute atomic E-state index is 1.16. The van der Waals surface area contributed by atoms with Gasteiger partial charge in [0.15, 0.2) is 0 Å². The van der Waals surface area contributed by atoms with Crippen molar-refractivity contribution in [3.8, 4) is 0 Å². The van der Waals surface area contributed by atoms with Crippen molar-refractivity contribution in [2.45, 2.75) is 43.9 Å². The number of unbranched alkanes of at least 4 members (excludes halogenated alkanes) is 3. The summed E-state index contributed by atoms with van der Waals surface area (Å²) in [5.74, 6) is 0. The molecule has 0 bridgehead atoms. The minimum Gasteiger partial charge on any atom is -0.130 e. The minimum atomic E-state index is 1.16. The molecule has 0 N–H and O–H groups in total. The second-order valence-electron chi connectivity index (χ2n) is 5.62. The van der Waals surface area contributed by atoms with Gasteiger partial charge in [0, 0.05) is 4.90 Å². The molecule has 0 spiro atoms. The monoisotopic (exact) mass is 310 g/mol. The molecular weight excluding hydrogens is 284 g/mol. The molecule has 0 radical (unpaired) electrons. The summed E-state index contributed by atoms with van der Waals surface area (Å²) in [6.07, 6.45) is 10.9. The smallest absolute Gasteiger partial charge is 0.00695 e. The molecule has 0 aliphatic carbocycles. The highest BCUT2D eigenvalue weighted by molar-refractivity contribution is 7.98. The molecule has 0 saturated carbocycles. The van der Waals surface area contributed by atoms with Crippen molar-refractivity contribution in [3.63, 3.8) is 0 Å². The lowest BCUT2D eigenvalue weighted by Gasteiger charge is -2.09. The third-order valence-corrected chi connectivity index (χ3v) is 4.64. The topological polar surface area (TPSA) is 0 Å². The lowest BCUT2D eigenvalue weighted by molar-refractivity contribution is 0.679. The van der Waals surface area contributed by atoms with Gasteiger partial charge < -0.3 is 0 Å². The van der Waals surface area contributed by atoms with Crippen LogP contribution in [0.3, 0.4) is 0 Å². The third-order valence-electron chi connectivity index (χ3n) is 3.90. The summed E-state index contributed by atoms with van der Waals surface area (Å²) in [4.78, 5) is 1.33. The molecule has 0 aliphatic rings. The Bertz CT molecular complexity index is 567. The standard InChI is InChI=1S/C21H26S/c1-3-4-5-9-12-20(17-18-10-7-6-8-11-18)19-13-15-21(22-2)16-14-19/h6-8,10-11,13-17H,3-5,9,12H2,1-2H3/b20-17+. The normalized spacial score (nSPS) is 11.6. The quantitative estimate of drug-likeness (QED) is 0.290. The van der Waals surface area contributed by atoms with E-state index in [4.69, 9.17) is 0 Å². The fraction of sp³-hybridized carbons (Fsp3) is 0.333. The Morgan fingerprint density at radius 1 is 0.909 bits per heavy atom. The molecule has 0 heterocycles. The Morgan fingerprint density at radius 2 is 1.64 bits per heavy atom. The van der Waals surface area contributed by atoms with Gasteiger partial charge in [0.1, 0.15) is 0 Å². The Balaban J connectivity index is 2.18. The average molecular weight is 311 g/mol. The van der Waals surface area contributed by atoms with Crippen molar-refractivity contribution >= 4 is 23.4 Å². The summed E-state index contributed by atoms with van der Waals surface area (Å²) in [7, 11) is 0. The van der Waals surface area contributed by atoms with E-state index < -0.39 is 0 Å². The van der Waals surface area contributed by atoms with Crippen LogP contribution in [0, 0.1) is 0 Å². The van der Waals surface area contributed by atoms with Gasteiger partial charge in [0.05, 0.1) is 0 Å². The summed E-state index contributed by atoms with van der Waals surface area (Å²) in [5.41, 5.74) is 4.11. The van der Waals surface area contributed by atoms with Gasteiger partial charge in [0.25, 0.3) is 0 Å². The molecule has 116 valence electrons. The molecule has 0 fully saturated rings. The van der Waals surface area contributed by atoms with E-state index in [0.29, 0.717) is 0 Å². The van der Waals surface area contributed by atoms with Gasteiger partial charge in [-0.2, -0.15) is 0 Å². The molecule has 0 aliphatic heterocycles. The SMILES string of the molecule is CCCCCC/C(=C\c1ccccc1)c1ccc(SC)cc1. The zero-order chi connectivity index (χ0) is 15.6. The first-order valence-electron chi connectivity index (χ1n) is 8.23. The van der Waals surface area contributed by atoms with E-state index in [0.717, 1.165) is 6.42 Å². The molecule has 0 amide bonds. The molecule has 0 nitrogen and oxygen atoms in total. The molecule has 2 aromatic carbocycles. The lowest BCUT2D eigenvalue weighted by atomic mass is 9.97. The summed E-state index contributed by atoms with van der Waals surface area (Å²) < 4.78 is 0. The molecule has 0 unspecified atom stereocenters. The van der Waals surface area contributed by atoms with E-state index in [9.17, 15) is 0 Å². The number of benzene rings is 2. The summed E-state index contributed by atoms with van der Waals surface area (Å²) >= 11 is 1.80. The summed E-state index contributed by atoms with van der Waals surface area (Å²) in [5, 5.41) is 0. The third kappa shape index (κ3) is 5.38. The first-order valence-corrected chi connectivity index (χ1v) is 9.46. The highest BCUT2D eigenvalue weighted by Crippen LogP contribution is 2.26. The number of thioether (sulfide) groups is 1. The first-order chi connectivity index (χ1) is 10.8. The highest BCUT2D eigenvalue weighted by Gasteiger charge is 2.03. The van der Waals surface area contributed by atoms with Crippen LogP contribution in [0.15, 0.2) is 59.5 Å². The van der Waals surface area contributed by atoms with Gasteiger partial charge >= 0.3 is 0 Å². The molecule has 0 saturated heterocycles. The van der Waals surface area contributed by atoms with Gasteiger partial charge in [-0.25, -0.2) is 0 Å². The van der Waals surface area contributed by atoms with E-state index in [2.05, 4.69) is 73.9 Å². The number of rotatable bonds is 8. The summed E-state index contributed by atoms with van der Waals surface area (Å²) in [6.45, 7) is 2.27. The van der Waals surface area contributed by atoms with Gasteiger partial charge in [-0.3, -0.25) is 0 Å². The number of hydrogen-bond donors (Lipinski definition) is 0. The molecule has 0 atom stereocenters. The van der Waals surface area contributed by atoms with Crippen LogP contribution in [0.4, 0.5) is 0 Å². The van der Waals surface area contributed by atoms with Crippen LogP contribution in [0.2, 0.25) is 0 Å². The number of allylic oxidation sites excluding steroid dienone is 1. The zero-order valence-electron chi connectivity index (χ0n) is 13.7. The van der Waals surface area contributed by atoms with Crippen LogP contribution in [0.25, 0.3) is 11.6 Å². The first kappa shape index (κ1) is 16.9. The molecule has 2 rings (SSSR count). The van der Waals surface area contributed by atoms with E-state index in [1.165, 1.54) is 47.3 Å². The highest BCUT2D eigenvalue weighted by atomic mass is 32.2. The molecule has 0 aromatic heterocycles. The maximum absolute atomic E-state index is 2.35. The molecule has 22 heavy (non-hydrogen) atoms. The van der Waals surface area contributed by atoms with E-state index in [-0.39, 0.29) is 0 Å². The maximum Gasteiger partial charge on any atom is 0.00695 e. The van der Waals surface area contributed by atoms with Crippen LogP contribution in [0.5, 0.6) is 0 Å². The van der Waals surface area contributed by atoms with E-state index >= 15 is 0 Å². The van der Waals surface area contributed by atoms with Gasteiger partial charge in [0.2, 0.25) is 0 Å². The van der Waals surface area contributed by atoms with Gasteiger partial charge in [-0.15, -0.1) is 11.8 Å². The van der Waals surface area contributed by atoms with Crippen molar-refractivity contribution in [2.24, 2.45) is 0 Å². The van der Waals surface area contributed by atoms with Crippen molar-refractivity contribution in [3.05, 3.63) is 65.7 Å². The predicted molar refractivity (Wildman–Crippen MR) is 101 cm³/mol. The molecular formula is C21H26S. The van der Waals surface area contributed by atoms with Crippen molar-refractivity contribution in [2.75, 3.05) is 6.26 Å². The van der Waals surface area contributed by atoms with E-state index in [1.807, 2.05) is 0 Å². The maximum atomic E-state index is 2.35. The lowest BCUT2D eigenvalue weighted by Crippen LogP contribution is -1.87. The van der Waals surface area contributed by atoms with Crippen LogP contribution >= 0.6 is 11.8 Å². The molecule has 1 heteroatoms. The van der Waals surface area contributed by atoms with Crippen molar-refractivity contribution < 1.29 is 0 Å². The van der Waals surface area contributed by atoms with Crippen LogP contribution in [0.1, 0.15) is 50.2 Å². The predicted octanol–water partition coefficient (Wildman–Crippen LogP) is 6.92. The summed E-state index contributed by atoms with van der Waals surface area (Å²) in [6, 6.07) is 19.6. The number of hydrogen-bond acceptors (Lipinski definition) is 1. The Morgan fingerprint density at radius 3 is 2.27 bits per heavy atom. The zero-order valence-corrected chi connectivity index (χ0v) is 14.5. The van der Waals surface area contributed by atoms with Crippen LogP contribution < -0.4 is 0 Å². The van der Waals surface area contributed by atoms with Crippen LogP contribution in [-0.2, 0) is 0 Å². The van der Waals surface area contributed by atoms with Gasteiger partial charge in [-0.1, -0.05) is 74.7 Å².